The fourth-order valence-corrected chi connectivity index (χ4v) is 5.63. The lowest BCUT2D eigenvalue weighted by Crippen LogP contribution is -2.15. The van der Waals surface area contributed by atoms with Crippen LogP contribution in [0.25, 0.3) is 0 Å². The lowest BCUT2D eigenvalue weighted by atomic mass is 10.4. The summed E-state index contributed by atoms with van der Waals surface area (Å²) in [6, 6.07) is 7.76. The molecule has 0 aromatic heterocycles. The van der Waals surface area contributed by atoms with Crippen LogP contribution in [0.5, 0.6) is 0 Å². The van der Waals surface area contributed by atoms with Crippen LogP contribution in [0.1, 0.15) is 0 Å². The summed E-state index contributed by atoms with van der Waals surface area (Å²) in [7, 11) is -12.4. The molecule has 0 saturated carbocycles. The summed E-state index contributed by atoms with van der Waals surface area (Å²) in [6.07, 6.45) is 0. The molecule has 2 N–H and O–H groups in total. The lowest BCUT2D eigenvalue weighted by molar-refractivity contribution is -0.135. The molecule has 0 amide bonds. The molecule has 0 aliphatic carbocycles. The first kappa shape index (κ1) is 22.5. The van der Waals surface area contributed by atoms with Crippen molar-refractivity contribution >= 4 is 41.5 Å². The Labute approximate surface area is 166 Å². The third kappa shape index (κ3) is 5.19. The van der Waals surface area contributed by atoms with Gasteiger partial charge in [-0.3, -0.25) is 9.59 Å². The van der Waals surface area contributed by atoms with Gasteiger partial charge >= 0.3 is 11.9 Å². The number of benzene rings is 2. The molecule has 0 spiro atoms. The zero-order chi connectivity index (χ0) is 22.0. The van der Waals surface area contributed by atoms with Gasteiger partial charge in [0.1, 0.15) is 0 Å². The molecule has 13 heteroatoms. The fourth-order valence-electron chi connectivity index (χ4n) is 2.28. The van der Waals surface area contributed by atoms with Gasteiger partial charge < -0.3 is 10.2 Å². The van der Waals surface area contributed by atoms with Crippen molar-refractivity contribution in [3.63, 3.8) is 0 Å². The van der Waals surface area contributed by atoms with Gasteiger partial charge in [0, 0.05) is 0 Å². The highest BCUT2D eigenvalue weighted by molar-refractivity contribution is 7.92. The van der Waals surface area contributed by atoms with Crippen molar-refractivity contribution in [2.45, 2.75) is 19.6 Å². The molecule has 156 valence electrons. The largest absolute Gasteiger partial charge is 0.480 e. The van der Waals surface area contributed by atoms with Gasteiger partial charge in [-0.15, -0.1) is 0 Å². The molecule has 0 fully saturated rings. The van der Waals surface area contributed by atoms with Crippen molar-refractivity contribution in [1.29, 1.82) is 0 Å². The molecule has 0 radical (unpaired) electrons. The number of hydrogen-bond acceptors (Lipinski definition) is 8. The van der Waals surface area contributed by atoms with Crippen LogP contribution in [0.2, 0.25) is 0 Å². The first-order chi connectivity index (χ1) is 13.3. The molecular weight excluding hydrogens is 448 g/mol. The smallest absolute Gasteiger partial charge is 0.319 e. The Balaban J connectivity index is 2.36. The first-order valence-corrected chi connectivity index (χ1v) is 12.4. The van der Waals surface area contributed by atoms with Gasteiger partial charge in [0.15, 0.2) is 31.2 Å². The van der Waals surface area contributed by atoms with E-state index in [0.717, 1.165) is 48.5 Å². The third-order valence-electron chi connectivity index (χ3n) is 3.61. The van der Waals surface area contributed by atoms with E-state index in [1.165, 1.54) is 0 Å². The van der Waals surface area contributed by atoms with E-state index < -0.39 is 53.0 Å². The van der Waals surface area contributed by atoms with Crippen LogP contribution in [0.3, 0.4) is 0 Å². The standard InChI is InChI=1S/C16H14O10S3/c17-15(18)9-27(21,22)11-1-5-13(6-2-11)29(25,26)14-7-3-12(4-8-14)28(23,24)10-16(19)20/h1-8H,9-10H2,(H,17,18)(H,19,20). The van der Waals surface area contributed by atoms with Gasteiger partial charge in [-0.2, -0.15) is 0 Å². The SMILES string of the molecule is O=C(O)CS(=O)(=O)c1ccc(S(=O)(=O)c2ccc(S(=O)(=O)CC(=O)O)cc2)cc1. The predicted molar refractivity (Wildman–Crippen MR) is 97.7 cm³/mol. The van der Waals surface area contributed by atoms with Crippen molar-refractivity contribution in [3.8, 4) is 0 Å². The maximum atomic E-state index is 12.6. The molecule has 0 bridgehead atoms. The first-order valence-electron chi connectivity index (χ1n) is 7.60. The number of carboxylic acids is 2. The average Bonchev–Trinajstić information content (AvgIpc) is 2.60. The summed E-state index contributed by atoms with van der Waals surface area (Å²) in [6.45, 7) is 0. The van der Waals surface area contributed by atoms with E-state index in [9.17, 15) is 34.8 Å². The van der Waals surface area contributed by atoms with Crippen LogP contribution in [0, 0.1) is 0 Å². The number of sulfone groups is 3. The van der Waals surface area contributed by atoms with Gasteiger partial charge in [-0.05, 0) is 48.5 Å². The van der Waals surface area contributed by atoms with Crippen LogP contribution in [0.4, 0.5) is 0 Å². The van der Waals surface area contributed by atoms with E-state index >= 15 is 0 Å². The molecule has 0 aliphatic heterocycles. The number of rotatable bonds is 8. The Hall–Kier alpha value is -2.77. The summed E-state index contributed by atoms with van der Waals surface area (Å²) in [5, 5.41) is 17.2. The second-order valence-electron chi connectivity index (χ2n) is 5.75. The number of hydrogen-bond donors (Lipinski definition) is 2. The van der Waals surface area contributed by atoms with E-state index in [-0.39, 0.29) is 19.6 Å². The van der Waals surface area contributed by atoms with Crippen LogP contribution in [0.15, 0.2) is 68.1 Å². The Morgan fingerprint density at radius 2 is 0.793 bits per heavy atom. The molecule has 0 atom stereocenters. The molecule has 0 saturated heterocycles. The maximum Gasteiger partial charge on any atom is 0.319 e. The van der Waals surface area contributed by atoms with Crippen LogP contribution < -0.4 is 0 Å². The maximum absolute atomic E-state index is 12.6. The number of carboxylic acid groups (broad SMARTS) is 2. The summed E-state index contributed by atoms with van der Waals surface area (Å²) in [5.41, 5.74) is 0. The minimum atomic E-state index is -4.13. The second-order valence-corrected chi connectivity index (χ2v) is 11.7. The summed E-state index contributed by atoms with van der Waals surface area (Å²) >= 11 is 0. The van der Waals surface area contributed by atoms with Crippen molar-refractivity contribution in [3.05, 3.63) is 48.5 Å². The third-order valence-corrected chi connectivity index (χ3v) is 8.63. The molecular formula is C16H14O10S3. The van der Waals surface area contributed by atoms with Crippen LogP contribution in [-0.4, -0.2) is 58.9 Å². The van der Waals surface area contributed by atoms with Gasteiger partial charge in [0.05, 0.1) is 19.6 Å². The Bertz CT molecular complexity index is 1160. The molecule has 2 aromatic carbocycles. The van der Waals surface area contributed by atoms with E-state index in [1.54, 1.807) is 0 Å². The van der Waals surface area contributed by atoms with Gasteiger partial charge in [-0.25, -0.2) is 25.3 Å². The molecule has 2 rings (SSSR count). The van der Waals surface area contributed by atoms with Crippen molar-refractivity contribution < 1.29 is 45.1 Å². The van der Waals surface area contributed by atoms with Crippen molar-refractivity contribution in [2.75, 3.05) is 11.5 Å². The zero-order valence-electron chi connectivity index (χ0n) is 14.4. The molecule has 10 nitrogen and oxygen atoms in total. The van der Waals surface area contributed by atoms with Gasteiger partial charge in [0.2, 0.25) is 9.84 Å². The summed E-state index contributed by atoms with van der Waals surface area (Å²) in [5.74, 6) is -5.41. The number of aliphatic carboxylic acids is 2. The molecule has 0 unspecified atom stereocenters. The molecule has 0 aliphatic rings. The van der Waals surface area contributed by atoms with Crippen molar-refractivity contribution in [2.24, 2.45) is 0 Å². The highest BCUT2D eigenvalue weighted by atomic mass is 32.2. The predicted octanol–water partition coefficient (Wildman–Crippen LogP) is 0.236. The summed E-state index contributed by atoms with van der Waals surface area (Å²) < 4.78 is 72.7. The van der Waals surface area contributed by atoms with E-state index in [2.05, 4.69) is 0 Å². The minimum Gasteiger partial charge on any atom is -0.480 e. The Morgan fingerprint density at radius 1 is 0.552 bits per heavy atom. The van der Waals surface area contributed by atoms with Gasteiger partial charge in [0.25, 0.3) is 0 Å². The average molecular weight is 462 g/mol. The molecule has 0 heterocycles. The van der Waals surface area contributed by atoms with Crippen LogP contribution in [-0.2, 0) is 39.1 Å². The Kier molecular flexibility index (Phi) is 6.15. The van der Waals surface area contributed by atoms with Crippen molar-refractivity contribution in [1.82, 2.24) is 0 Å². The minimum absolute atomic E-state index is 0.298. The van der Waals surface area contributed by atoms with E-state index in [1.807, 2.05) is 0 Å². The molecule has 29 heavy (non-hydrogen) atoms. The Morgan fingerprint density at radius 3 is 1.03 bits per heavy atom. The van der Waals surface area contributed by atoms with E-state index in [4.69, 9.17) is 10.2 Å². The fraction of sp³-hybridized carbons (Fsp3) is 0.125. The summed E-state index contributed by atoms with van der Waals surface area (Å²) in [4.78, 5) is 19.9. The highest BCUT2D eigenvalue weighted by Gasteiger charge is 2.23. The van der Waals surface area contributed by atoms with Gasteiger partial charge in [-0.1, -0.05) is 0 Å². The zero-order valence-corrected chi connectivity index (χ0v) is 16.9. The quantitative estimate of drug-likeness (QED) is 0.552. The van der Waals surface area contributed by atoms with Crippen LogP contribution >= 0.6 is 0 Å². The lowest BCUT2D eigenvalue weighted by Gasteiger charge is -2.08. The van der Waals surface area contributed by atoms with E-state index in [0.29, 0.717) is 0 Å². The topological polar surface area (TPSA) is 177 Å². The highest BCUT2D eigenvalue weighted by Crippen LogP contribution is 2.24. The molecule has 2 aromatic rings. The number of carbonyl (C=O) groups is 2. The normalized spacial score (nSPS) is 12.4. The monoisotopic (exact) mass is 462 g/mol. The second kappa shape index (κ2) is 7.93.